The van der Waals surface area contributed by atoms with Gasteiger partial charge in [-0.3, -0.25) is 14.5 Å². The predicted molar refractivity (Wildman–Crippen MR) is 498 cm³/mol. The van der Waals surface area contributed by atoms with E-state index in [4.69, 9.17) is 49.7 Å². The second kappa shape index (κ2) is 47.3. The monoisotopic (exact) mass is 1780 g/mol. The van der Waals surface area contributed by atoms with Crippen molar-refractivity contribution in [2.45, 2.75) is 117 Å². The van der Waals surface area contributed by atoms with E-state index < -0.39 is 11.9 Å². The number of hydrogen-bond donors (Lipinski definition) is 5. The van der Waals surface area contributed by atoms with E-state index in [9.17, 15) is 24.0 Å². The number of aldehydes is 2. The highest BCUT2D eigenvalue weighted by atomic mass is 16.5. The Bertz CT molecular complexity index is 6310. The second-order valence-electron chi connectivity index (χ2n) is 32.8. The molecule has 0 amide bonds. The van der Waals surface area contributed by atoms with Crippen LogP contribution >= 0.6 is 0 Å². The number of aliphatic hydroxyl groups is 1. The number of ether oxygens (including phenoxy) is 4. The molecule has 0 atom stereocenters. The molecular weight excluding hydrogens is 1670 g/mol. The summed E-state index contributed by atoms with van der Waals surface area (Å²) in [4.78, 5) is 88.9. The van der Waals surface area contributed by atoms with Crippen molar-refractivity contribution < 1.29 is 62.2 Å². The van der Waals surface area contributed by atoms with Gasteiger partial charge in [-0.1, -0.05) is 22.4 Å². The van der Waals surface area contributed by atoms with Gasteiger partial charge in [0.2, 0.25) is 0 Å². The number of aryl methyl sites for hydroxylation is 2. The Kier molecular flexibility index (Phi) is 34.1. The number of aromatic nitrogens is 14. The standard InChI is InChI=1S/C29H37N5O2.C21H31N3O2.C10H10N2O2.C8H10N2O2.C8H8N2O.2C8H6N2O.C6H6N2O2/c1-32(2)19-25-27(35-20-22-5-6-22)10-8-24-26(31-36-28(24)25)9-7-21-11-15-33(16-12-21)18-23-4-3-14-34-17-13-30-29(23)34;1-24(2)13-18-20(25-14-16-3-4-16)8-6-17-19(23-26-21(17)18)7-5-15-9-11-22-12-10-15;1-2-14-10(13)8-4-3-6-12-7-5-11-9(8)12;1-2-12-8(11)6-4-3-5-10-7(6)9;3*11-6-7-2-1-4-10-5-3-9-8(7)10;7-5-4(6(9)10)2-1-3-8-5/h3-4,8,10,13-14,17,21-22H,5-7,9,11-12,15-16,18-20H2,1-2H3;6,8,15-16,22H,3-5,7,9-14H2,1-2H3;3-7H,2H2,1H3;3-5H,2H2,1H3,(H2,9,10);1-5,11H,6H2;2*1-6H;1-3H,(H2,7,8)(H,9,10). The lowest BCUT2D eigenvalue weighted by Crippen LogP contribution is -2.33. The highest BCUT2D eigenvalue weighted by Crippen LogP contribution is 2.38. The molecule has 4 fully saturated rings. The maximum Gasteiger partial charge on any atom is 0.341 e. The number of carbonyl (C=O) groups excluding carboxylic acids is 4. The smallest absolute Gasteiger partial charge is 0.341 e. The fourth-order valence-corrected chi connectivity index (χ4v) is 15.4. The van der Waals surface area contributed by atoms with Crippen molar-refractivity contribution in [2.75, 3.05) is 92.3 Å². The lowest BCUT2D eigenvalue weighted by atomic mass is 9.91. The van der Waals surface area contributed by atoms with Gasteiger partial charge in [0.1, 0.15) is 62.4 Å². The molecule has 7 N–H and O–H groups in total. The molecule has 4 aliphatic rings. The van der Waals surface area contributed by atoms with Crippen LogP contribution in [0.15, 0.2) is 224 Å². The molecule has 684 valence electrons. The molecule has 16 aromatic rings. The summed E-state index contributed by atoms with van der Waals surface area (Å²) in [6, 6.07) is 33.4. The van der Waals surface area contributed by atoms with E-state index in [0.717, 1.165) is 187 Å². The molecule has 2 aromatic carbocycles. The highest BCUT2D eigenvalue weighted by molar-refractivity contribution is 5.96. The van der Waals surface area contributed by atoms with Gasteiger partial charge in [-0.15, -0.1) is 0 Å². The van der Waals surface area contributed by atoms with Crippen molar-refractivity contribution in [1.82, 2.24) is 87.2 Å². The number of aromatic carboxylic acids is 1. The SMILES string of the molecule is CCOC(=O)c1cccn2ccnc12.CCOC(=O)c1cccnc1N.CN(C)Cc1c(OCC2CC2)ccc2c(CCC3CCN(Cc4cccn5ccnc45)CC3)noc12.CN(C)Cc1c(OCC2CC2)ccc2c(CCC3CCNCC3)noc12.Nc1ncccc1C(=O)O.O=Cc1cccn2ccnc12.O=Cc1cccn2ccnc12.OCc1cccn2ccnc12. The largest absolute Gasteiger partial charge is 0.493 e. The summed E-state index contributed by atoms with van der Waals surface area (Å²) in [6.07, 6.45) is 46.5. The summed E-state index contributed by atoms with van der Waals surface area (Å²) >= 11 is 0. The molecule has 33 heteroatoms. The van der Waals surface area contributed by atoms with Gasteiger partial charge in [0.15, 0.2) is 29.4 Å². The minimum atomic E-state index is -1.05. The number of carboxylic acid groups (broad SMARTS) is 1. The van der Waals surface area contributed by atoms with Gasteiger partial charge < -0.3 is 86.8 Å². The van der Waals surface area contributed by atoms with Gasteiger partial charge in [-0.05, 0) is 266 Å². The number of likely N-dealkylation sites (tertiary alicyclic amines) is 1. The predicted octanol–water partition coefficient (Wildman–Crippen LogP) is 14.6. The Morgan fingerprint density at radius 3 is 1.31 bits per heavy atom. The third-order valence-corrected chi connectivity index (χ3v) is 22.6. The second-order valence-corrected chi connectivity index (χ2v) is 32.8. The van der Waals surface area contributed by atoms with Crippen molar-refractivity contribution in [3.8, 4) is 11.5 Å². The van der Waals surface area contributed by atoms with Gasteiger partial charge in [0.05, 0.1) is 66.7 Å². The first kappa shape index (κ1) is 94.5. The fraction of sp³-hybridized carbons (Fsp3) is 0.347. The molecule has 20 rings (SSSR count). The number of anilines is 2. The minimum absolute atomic E-state index is 0.0430. The van der Waals surface area contributed by atoms with E-state index in [1.807, 2.05) is 93.2 Å². The molecular formula is C98H114N20O13. The van der Waals surface area contributed by atoms with E-state index in [0.29, 0.717) is 52.4 Å². The van der Waals surface area contributed by atoms with Gasteiger partial charge in [0.25, 0.3) is 0 Å². The number of carbonyl (C=O) groups is 5. The number of nitrogens with two attached hydrogens (primary N) is 2. The molecule has 131 heavy (non-hydrogen) atoms. The molecule has 0 unspecified atom stereocenters. The maximum absolute atomic E-state index is 11.5. The topological polar surface area (TPSA) is 401 Å². The third kappa shape index (κ3) is 26.1. The Labute approximate surface area is 758 Å². The molecule has 0 bridgehead atoms. The van der Waals surface area contributed by atoms with Gasteiger partial charge in [0, 0.05) is 147 Å². The van der Waals surface area contributed by atoms with Crippen LogP contribution in [0, 0.1) is 23.7 Å². The number of pyridine rings is 7. The number of rotatable bonds is 26. The van der Waals surface area contributed by atoms with Crippen LogP contribution in [0.3, 0.4) is 0 Å². The van der Waals surface area contributed by atoms with E-state index in [-0.39, 0.29) is 29.8 Å². The number of piperidine rings is 2. The Hall–Kier alpha value is -14.1. The lowest BCUT2D eigenvalue weighted by Gasteiger charge is -2.32. The minimum Gasteiger partial charge on any atom is -0.493 e. The van der Waals surface area contributed by atoms with Crippen molar-refractivity contribution >= 4 is 92.3 Å². The maximum atomic E-state index is 11.5. The van der Waals surface area contributed by atoms with Crippen LogP contribution in [-0.2, 0) is 48.6 Å². The zero-order chi connectivity index (χ0) is 92.0. The Morgan fingerprint density at radius 1 is 0.466 bits per heavy atom. The average molecular weight is 1780 g/mol. The van der Waals surface area contributed by atoms with Crippen LogP contribution in [0.25, 0.3) is 50.2 Å². The zero-order valence-electron chi connectivity index (χ0n) is 74.8. The molecule has 2 saturated carbocycles. The molecule has 2 aliphatic carbocycles. The molecule has 2 saturated heterocycles. The van der Waals surface area contributed by atoms with Gasteiger partial charge in [-0.25, -0.2) is 49.3 Å². The quantitative estimate of drug-likeness (QED) is 0.0248. The normalized spacial score (nSPS) is 13.8. The van der Waals surface area contributed by atoms with E-state index in [1.54, 1.807) is 85.6 Å². The number of nitrogens with one attached hydrogen (secondary N) is 1. The number of aliphatic hydroxyl groups excluding tert-OH is 1. The summed E-state index contributed by atoms with van der Waals surface area (Å²) in [6.45, 7) is 13.1. The number of nitrogens with zero attached hydrogens (tertiary/aromatic N) is 17. The lowest BCUT2D eigenvalue weighted by molar-refractivity contribution is 0.0518. The first-order chi connectivity index (χ1) is 63.9. The summed E-state index contributed by atoms with van der Waals surface area (Å²) < 4.78 is 43.1. The number of fused-ring (bicyclic) bond motifs is 7. The van der Waals surface area contributed by atoms with Crippen LogP contribution < -0.4 is 26.3 Å². The number of carboxylic acids is 1. The molecule has 2 aliphatic heterocycles. The Morgan fingerprint density at radius 2 is 0.870 bits per heavy atom. The third-order valence-electron chi connectivity index (χ3n) is 22.6. The van der Waals surface area contributed by atoms with Crippen LogP contribution in [0.5, 0.6) is 11.5 Å². The van der Waals surface area contributed by atoms with E-state index in [1.165, 1.54) is 87.9 Å². The summed E-state index contributed by atoms with van der Waals surface area (Å²) in [5, 5.41) is 32.1. The zero-order valence-corrected chi connectivity index (χ0v) is 74.8. The van der Waals surface area contributed by atoms with Crippen LogP contribution in [0.2, 0.25) is 0 Å². The van der Waals surface area contributed by atoms with Crippen LogP contribution in [-0.4, -0.2) is 203 Å². The molecule has 16 heterocycles. The highest BCUT2D eigenvalue weighted by Gasteiger charge is 2.28. The number of hydrogen-bond acceptors (Lipinski definition) is 27. The Balaban J connectivity index is 0.000000135. The van der Waals surface area contributed by atoms with E-state index >= 15 is 0 Å². The average Bonchev–Trinajstić information content (AvgIpc) is 1.64. The first-order valence-electron chi connectivity index (χ1n) is 44.2. The number of imidazole rings is 5. The number of benzene rings is 2. The first-order valence-corrected chi connectivity index (χ1v) is 44.2. The summed E-state index contributed by atoms with van der Waals surface area (Å²) in [5.41, 5.74) is 25.2. The summed E-state index contributed by atoms with van der Waals surface area (Å²) in [7, 11) is 8.33. The van der Waals surface area contributed by atoms with Crippen LogP contribution in [0.1, 0.15) is 163 Å². The van der Waals surface area contributed by atoms with Crippen molar-refractivity contribution in [2.24, 2.45) is 23.7 Å². The summed E-state index contributed by atoms with van der Waals surface area (Å²) in [5.74, 6) is 3.37. The molecule has 33 nitrogen and oxygen atoms in total. The fourth-order valence-electron chi connectivity index (χ4n) is 15.4. The van der Waals surface area contributed by atoms with Crippen LogP contribution in [0.4, 0.5) is 11.6 Å². The molecule has 14 aromatic heterocycles. The van der Waals surface area contributed by atoms with Crippen molar-refractivity contribution in [3.63, 3.8) is 0 Å². The number of esters is 2. The molecule has 0 radical (unpaired) electrons. The number of nitrogen functional groups attached to an aromatic ring is 2. The van der Waals surface area contributed by atoms with Gasteiger partial charge in [-0.2, -0.15) is 0 Å². The van der Waals surface area contributed by atoms with Crippen molar-refractivity contribution in [1.29, 1.82) is 0 Å². The van der Waals surface area contributed by atoms with Crippen molar-refractivity contribution in [3.05, 3.63) is 276 Å². The van der Waals surface area contributed by atoms with Gasteiger partial charge >= 0.3 is 17.9 Å². The van der Waals surface area contributed by atoms with E-state index in [2.05, 4.69) is 140 Å². The molecule has 0 spiro atoms.